The summed E-state index contributed by atoms with van der Waals surface area (Å²) in [4.78, 5) is 10.4. The number of rotatable bonds is 4. The van der Waals surface area contributed by atoms with E-state index in [1.54, 1.807) is 12.1 Å². The Labute approximate surface area is 134 Å². The molecule has 0 aliphatic carbocycles. The molecule has 0 spiro atoms. The molecule has 0 bridgehead atoms. The molecule has 0 amide bonds. The Hall–Kier alpha value is -2.41. The Balaban J connectivity index is 1.94. The van der Waals surface area contributed by atoms with Crippen LogP contribution in [-0.4, -0.2) is 19.9 Å². The Morgan fingerprint density at radius 3 is 2.70 bits per heavy atom. The predicted octanol–water partition coefficient (Wildman–Crippen LogP) is 2.80. The smallest absolute Gasteiger partial charge is 0.269 e. The number of nitrogens with zero attached hydrogens (tertiary/aromatic N) is 2. The van der Waals surface area contributed by atoms with Crippen LogP contribution < -0.4 is 4.31 Å². The van der Waals surface area contributed by atoms with E-state index in [2.05, 4.69) is 0 Å². The van der Waals surface area contributed by atoms with Crippen LogP contribution in [0.25, 0.3) is 0 Å². The van der Waals surface area contributed by atoms with E-state index in [0.717, 1.165) is 11.1 Å². The fraction of sp³-hybridized carbons (Fsp3) is 0.250. The van der Waals surface area contributed by atoms with E-state index in [1.807, 2.05) is 25.1 Å². The largest absolute Gasteiger partial charge is 0.271 e. The SMILES string of the molecule is Cc1cccc(CS(=O)(=O)N2CCc3ccc([N+](=O)[O-])cc32)c1. The molecule has 1 heterocycles. The number of sulfonamides is 1. The number of non-ortho nitro benzene ring substituents is 1. The van der Waals surface area contributed by atoms with Crippen molar-refractivity contribution >= 4 is 21.4 Å². The third-order valence-electron chi connectivity index (χ3n) is 3.90. The quantitative estimate of drug-likeness (QED) is 0.637. The first-order valence-electron chi connectivity index (χ1n) is 7.20. The third kappa shape index (κ3) is 3.05. The summed E-state index contributed by atoms with van der Waals surface area (Å²) in [5, 5.41) is 10.9. The number of aryl methyl sites for hydroxylation is 1. The van der Waals surface area contributed by atoms with Gasteiger partial charge >= 0.3 is 0 Å². The van der Waals surface area contributed by atoms with Crippen molar-refractivity contribution in [3.05, 3.63) is 69.3 Å². The summed E-state index contributed by atoms with van der Waals surface area (Å²) >= 11 is 0. The second-order valence-electron chi connectivity index (χ2n) is 5.64. The van der Waals surface area contributed by atoms with E-state index in [-0.39, 0.29) is 11.4 Å². The minimum atomic E-state index is -3.57. The topological polar surface area (TPSA) is 80.5 Å². The van der Waals surface area contributed by atoms with Crippen molar-refractivity contribution in [2.45, 2.75) is 19.1 Å². The van der Waals surface area contributed by atoms with Crippen molar-refractivity contribution < 1.29 is 13.3 Å². The van der Waals surface area contributed by atoms with Crippen molar-refractivity contribution in [2.75, 3.05) is 10.8 Å². The number of anilines is 1. The highest BCUT2D eigenvalue weighted by Gasteiger charge is 2.31. The van der Waals surface area contributed by atoms with Gasteiger partial charge in [0.15, 0.2) is 0 Å². The lowest BCUT2D eigenvalue weighted by atomic mass is 10.1. The predicted molar refractivity (Wildman–Crippen MR) is 87.9 cm³/mol. The summed E-state index contributed by atoms with van der Waals surface area (Å²) in [6, 6.07) is 11.7. The van der Waals surface area contributed by atoms with Gasteiger partial charge in [-0.05, 0) is 24.5 Å². The van der Waals surface area contributed by atoms with Crippen LogP contribution in [0.5, 0.6) is 0 Å². The molecule has 0 radical (unpaired) electrons. The molecule has 1 aliphatic heterocycles. The van der Waals surface area contributed by atoms with Crippen LogP contribution >= 0.6 is 0 Å². The molecule has 120 valence electrons. The first-order valence-corrected chi connectivity index (χ1v) is 8.81. The molecule has 1 aliphatic rings. The van der Waals surface area contributed by atoms with Crippen LogP contribution in [0.15, 0.2) is 42.5 Å². The van der Waals surface area contributed by atoms with E-state index < -0.39 is 14.9 Å². The van der Waals surface area contributed by atoms with Crippen molar-refractivity contribution in [3.8, 4) is 0 Å². The number of nitro benzene ring substituents is 1. The fourth-order valence-corrected chi connectivity index (χ4v) is 4.43. The van der Waals surface area contributed by atoms with Gasteiger partial charge in [-0.1, -0.05) is 35.9 Å². The van der Waals surface area contributed by atoms with E-state index in [1.165, 1.54) is 16.4 Å². The minimum Gasteiger partial charge on any atom is -0.269 e. The van der Waals surface area contributed by atoms with Gasteiger partial charge in [-0.15, -0.1) is 0 Å². The first-order chi connectivity index (χ1) is 10.9. The molecule has 2 aromatic carbocycles. The molecule has 7 heteroatoms. The second kappa shape index (κ2) is 5.66. The number of hydrogen-bond acceptors (Lipinski definition) is 4. The third-order valence-corrected chi connectivity index (χ3v) is 5.65. The Morgan fingerprint density at radius 1 is 1.22 bits per heavy atom. The highest BCUT2D eigenvalue weighted by molar-refractivity contribution is 7.92. The van der Waals surface area contributed by atoms with Gasteiger partial charge in [-0.2, -0.15) is 0 Å². The van der Waals surface area contributed by atoms with Crippen LogP contribution in [0.4, 0.5) is 11.4 Å². The average Bonchev–Trinajstić information content (AvgIpc) is 2.90. The molecule has 0 fully saturated rings. The van der Waals surface area contributed by atoms with Crippen LogP contribution in [0.3, 0.4) is 0 Å². The van der Waals surface area contributed by atoms with Crippen LogP contribution in [0.2, 0.25) is 0 Å². The Morgan fingerprint density at radius 2 is 2.00 bits per heavy atom. The van der Waals surface area contributed by atoms with E-state index in [9.17, 15) is 18.5 Å². The van der Waals surface area contributed by atoms with E-state index in [0.29, 0.717) is 24.2 Å². The van der Waals surface area contributed by atoms with Crippen molar-refractivity contribution in [1.29, 1.82) is 0 Å². The van der Waals surface area contributed by atoms with Crippen molar-refractivity contribution in [1.82, 2.24) is 0 Å². The van der Waals surface area contributed by atoms with Crippen LogP contribution in [0, 0.1) is 17.0 Å². The maximum absolute atomic E-state index is 12.7. The maximum Gasteiger partial charge on any atom is 0.271 e. The van der Waals surface area contributed by atoms with Gasteiger partial charge in [0.2, 0.25) is 10.0 Å². The summed E-state index contributed by atoms with van der Waals surface area (Å²) in [5.41, 5.74) is 2.86. The molecule has 0 saturated heterocycles. The van der Waals surface area contributed by atoms with Gasteiger partial charge < -0.3 is 0 Å². The number of fused-ring (bicyclic) bond motifs is 1. The zero-order chi connectivity index (χ0) is 16.6. The summed E-state index contributed by atoms with van der Waals surface area (Å²) in [7, 11) is -3.57. The zero-order valence-corrected chi connectivity index (χ0v) is 13.4. The monoisotopic (exact) mass is 332 g/mol. The lowest BCUT2D eigenvalue weighted by molar-refractivity contribution is -0.384. The van der Waals surface area contributed by atoms with Gasteiger partial charge in [0, 0.05) is 18.7 Å². The number of hydrogen-bond donors (Lipinski definition) is 0. The summed E-state index contributed by atoms with van der Waals surface area (Å²) in [6.07, 6.45) is 0.570. The van der Waals surface area contributed by atoms with Gasteiger partial charge in [-0.3, -0.25) is 14.4 Å². The summed E-state index contributed by atoms with van der Waals surface area (Å²) in [5.74, 6) is -0.114. The van der Waals surface area contributed by atoms with Gasteiger partial charge in [-0.25, -0.2) is 8.42 Å². The Bertz CT molecular complexity index is 877. The summed E-state index contributed by atoms with van der Waals surface area (Å²) < 4.78 is 26.7. The molecule has 6 nitrogen and oxygen atoms in total. The van der Waals surface area contributed by atoms with E-state index >= 15 is 0 Å². The number of benzene rings is 2. The lowest BCUT2D eigenvalue weighted by Crippen LogP contribution is -2.30. The molecule has 23 heavy (non-hydrogen) atoms. The highest BCUT2D eigenvalue weighted by atomic mass is 32.2. The van der Waals surface area contributed by atoms with Crippen molar-refractivity contribution in [3.63, 3.8) is 0 Å². The molecule has 3 rings (SSSR count). The maximum atomic E-state index is 12.7. The molecule has 0 unspecified atom stereocenters. The molecule has 0 aromatic heterocycles. The molecule has 0 atom stereocenters. The van der Waals surface area contributed by atoms with E-state index in [4.69, 9.17) is 0 Å². The van der Waals surface area contributed by atoms with Crippen molar-refractivity contribution in [2.24, 2.45) is 0 Å². The molecule has 2 aromatic rings. The average molecular weight is 332 g/mol. The molecule has 0 N–H and O–H groups in total. The fourth-order valence-electron chi connectivity index (χ4n) is 2.83. The summed E-state index contributed by atoms with van der Waals surface area (Å²) in [6.45, 7) is 2.23. The highest BCUT2D eigenvalue weighted by Crippen LogP contribution is 2.34. The molecular formula is C16H16N2O4S. The minimum absolute atomic E-state index is 0.0959. The van der Waals surface area contributed by atoms with Crippen LogP contribution in [-0.2, 0) is 22.2 Å². The first kappa shape index (κ1) is 15.5. The van der Waals surface area contributed by atoms with Gasteiger partial charge in [0.1, 0.15) is 0 Å². The van der Waals surface area contributed by atoms with Crippen LogP contribution in [0.1, 0.15) is 16.7 Å². The second-order valence-corrected chi connectivity index (χ2v) is 7.53. The molecule has 0 saturated carbocycles. The standard InChI is InChI=1S/C16H16N2O4S/c1-12-3-2-4-13(9-12)11-23(21,22)17-8-7-14-5-6-15(18(19)20)10-16(14)17/h2-6,9-10H,7-8,11H2,1H3. The van der Waals surface area contributed by atoms with Gasteiger partial charge in [0.05, 0.1) is 16.4 Å². The van der Waals surface area contributed by atoms with Gasteiger partial charge in [0.25, 0.3) is 5.69 Å². The normalized spacial score (nSPS) is 13.9. The molecular weight excluding hydrogens is 316 g/mol. The zero-order valence-electron chi connectivity index (χ0n) is 12.6. The number of nitro groups is 1. The Kier molecular flexibility index (Phi) is 3.81. The lowest BCUT2D eigenvalue weighted by Gasteiger charge is -2.19.